The first-order valence-corrected chi connectivity index (χ1v) is 6.67. The van der Waals surface area contributed by atoms with Crippen LogP contribution in [0.3, 0.4) is 0 Å². The molecule has 2 aromatic carbocycles. The third-order valence-corrected chi connectivity index (χ3v) is 3.53. The Morgan fingerprint density at radius 2 is 1.75 bits per heavy atom. The standard InChI is InChI=1S/C15H14ClNO3/c16-12-4-2-1-3-10(12)7-17-8-11-5-14-15(6-13(11)18)20-9-19-14/h1-6,17-18H,7-9H2. The van der Waals surface area contributed by atoms with Crippen molar-refractivity contribution in [3.63, 3.8) is 0 Å². The highest BCUT2D eigenvalue weighted by Crippen LogP contribution is 2.37. The Hall–Kier alpha value is -1.91. The lowest BCUT2D eigenvalue weighted by Gasteiger charge is -2.09. The summed E-state index contributed by atoms with van der Waals surface area (Å²) < 4.78 is 10.5. The molecule has 1 aliphatic rings. The average molecular weight is 292 g/mol. The van der Waals surface area contributed by atoms with E-state index in [0.717, 1.165) is 16.1 Å². The van der Waals surface area contributed by atoms with E-state index in [2.05, 4.69) is 5.32 Å². The molecular formula is C15H14ClNO3. The zero-order chi connectivity index (χ0) is 13.9. The van der Waals surface area contributed by atoms with Gasteiger partial charge >= 0.3 is 0 Å². The highest BCUT2D eigenvalue weighted by Gasteiger charge is 2.16. The summed E-state index contributed by atoms with van der Waals surface area (Å²) in [6, 6.07) is 11.0. The van der Waals surface area contributed by atoms with Crippen LogP contribution in [-0.4, -0.2) is 11.9 Å². The summed E-state index contributed by atoms with van der Waals surface area (Å²) in [5.74, 6) is 1.44. The lowest BCUT2D eigenvalue weighted by molar-refractivity contribution is 0.174. The van der Waals surface area contributed by atoms with E-state index in [4.69, 9.17) is 21.1 Å². The van der Waals surface area contributed by atoms with Crippen LogP contribution in [0.4, 0.5) is 0 Å². The number of hydrogen-bond acceptors (Lipinski definition) is 4. The number of aromatic hydroxyl groups is 1. The van der Waals surface area contributed by atoms with Crippen molar-refractivity contribution in [2.75, 3.05) is 6.79 Å². The molecule has 0 unspecified atom stereocenters. The zero-order valence-corrected chi connectivity index (χ0v) is 11.5. The second-order valence-corrected chi connectivity index (χ2v) is 4.94. The number of benzene rings is 2. The van der Waals surface area contributed by atoms with E-state index in [-0.39, 0.29) is 12.5 Å². The van der Waals surface area contributed by atoms with Gasteiger partial charge in [-0.2, -0.15) is 0 Å². The molecule has 0 saturated heterocycles. The van der Waals surface area contributed by atoms with Gasteiger partial charge in [0, 0.05) is 29.7 Å². The molecule has 0 fully saturated rings. The van der Waals surface area contributed by atoms with Gasteiger partial charge in [-0.15, -0.1) is 0 Å². The Kier molecular flexibility index (Phi) is 3.67. The van der Waals surface area contributed by atoms with Crippen LogP contribution in [-0.2, 0) is 13.1 Å². The van der Waals surface area contributed by atoms with Gasteiger partial charge in [0.15, 0.2) is 11.5 Å². The first-order valence-electron chi connectivity index (χ1n) is 6.29. The van der Waals surface area contributed by atoms with Crippen LogP contribution in [0.2, 0.25) is 5.02 Å². The van der Waals surface area contributed by atoms with Gasteiger partial charge in [0.2, 0.25) is 6.79 Å². The van der Waals surface area contributed by atoms with E-state index in [1.807, 2.05) is 24.3 Å². The van der Waals surface area contributed by atoms with E-state index in [1.165, 1.54) is 0 Å². The monoisotopic (exact) mass is 291 g/mol. The van der Waals surface area contributed by atoms with Crippen molar-refractivity contribution in [3.05, 3.63) is 52.5 Å². The first kappa shape index (κ1) is 13.1. The lowest BCUT2D eigenvalue weighted by atomic mass is 10.1. The van der Waals surface area contributed by atoms with Crippen molar-refractivity contribution in [2.24, 2.45) is 0 Å². The number of halogens is 1. The number of nitrogens with one attached hydrogen (secondary N) is 1. The third-order valence-electron chi connectivity index (χ3n) is 3.16. The highest BCUT2D eigenvalue weighted by atomic mass is 35.5. The number of phenolic OH excluding ortho intramolecular Hbond substituents is 1. The second-order valence-electron chi connectivity index (χ2n) is 4.53. The normalized spacial score (nSPS) is 12.7. The average Bonchev–Trinajstić information content (AvgIpc) is 2.88. The summed E-state index contributed by atoms with van der Waals surface area (Å²) in [5, 5.41) is 13.9. The van der Waals surface area contributed by atoms with Crippen LogP contribution in [0, 0.1) is 0 Å². The molecule has 2 N–H and O–H groups in total. The summed E-state index contributed by atoms with van der Waals surface area (Å²) in [7, 11) is 0. The van der Waals surface area contributed by atoms with Crippen molar-refractivity contribution < 1.29 is 14.6 Å². The van der Waals surface area contributed by atoms with E-state index in [1.54, 1.807) is 12.1 Å². The van der Waals surface area contributed by atoms with Crippen molar-refractivity contribution >= 4 is 11.6 Å². The minimum atomic E-state index is 0.195. The number of rotatable bonds is 4. The molecule has 0 spiro atoms. The van der Waals surface area contributed by atoms with Crippen LogP contribution in [0.25, 0.3) is 0 Å². The van der Waals surface area contributed by atoms with Crippen molar-refractivity contribution in [3.8, 4) is 17.2 Å². The van der Waals surface area contributed by atoms with E-state index in [0.29, 0.717) is 24.6 Å². The molecule has 0 bridgehead atoms. The van der Waals surface area contributed by atoms with Crippen molar-refractivity contribution in [2.45, 2.75) is 13.1 Å². The van der Waals surface area contributed by atoms with Gasteiger partial charge in [-0.05, 0) is 17.7 Å². The Morgan fingerprint density at radius 3 is 2.55 bits per heavy atom. The predicted octanol–water partition coefficient (Wildman–Crippen LogP) is 3.06. The van der Waals surface area contributed by atoms with Gasteiger partial charge in [-0.1, -0.05) is 29.8 Å². The summed E-state index contributed by atoms with van der Waals surface area (Å²) >= 11 is 6.09. The fraction of sp³-hybridized carbons (Fsp3) is 0.200. The van der Waals surface area contributed by atoms with Crippen molar-refractivity contribution in [1.82, 2.24) is 5.32 Å². The van der Waals surface area contributed by atoms with Gasteiger partial charge in [0.1, 0.15) is 5.75 Å². The fourth-order valence-electron chi connectivity index (χ4n) is 2.09. The zero-order valence-electron chi connectivity index (χ0n) is 10.7. The van der Waals surface area contributed by atoms with Crippen LogP contribution in [0.5, 0.6) is 17.2 Å². The maximum absolute atomic E-state index is 9.92. The molecule has 0 atom stereocenters. The number of ether oxygens (including phenoxy) is 2. The smallest absolute Gasteiger partial charge is 0.231 e. The van der Waals surface area contributed by atoms with Gasteiger partial charge in [-0.3, -0.25) is 0 Å². The molecule has 0 aromatic heterocycles. The summed E-state index contributed by atoms with van der Waals surface area (Å²) in [5.41, 5.74) is 1.79. The van der Waals surface area contributed by atoms with Crippen molar-refractivity contribution in [1.29, 1.82) is 0 Å². The molecule has 0 amide bonds. The predicted molar refractivity (Wildman–Crippen MR) is 76.2 cm³/mol. The maximum Gasteiger partial charge on any atom is 0.231 e. The molecule has 20 heavy (non-hydrogen) atoms. The molecule has 3 rings (SSSR count). The number of phenols is 1. The molecule has 5 heteroatoms. The molecule has 0 saturated carbocycles. The fourth-order valence-corrected chi connectivity index (χ4v) is 2.29. The molecule has 2 aromatic rings. The summed E-state index contributed by atoms with van der Waals surface area (Å²) in [6.07, 6.45) is 0. The molecule has 1 aliphatic heterocycles. The molecule has 104 valence electrons. The first-order chi connectivity index (χ1) is 9.74. The SMILES string of the molecule is Oc1cc2c(cc1CNCc1ccccc1Cl)OCO2. The van der Waals surface area contributed by atoms with E-state index < -0.39 is 0 Å². The van der Waals surface area contributed by atoms with Crippen LogP contribution < -0.4 is 14.8 Å². The van der Waals surface area contributed by atoms with E-state index >= 15 is 0 Å². The largest absolute Gasteiger partial charge is 0.507 e. The molecule has 1 heterocycles. The Balaban J connectivity index is 1.66. The Bertz CT molecular complexity index is 631. The van der Waals surface area contributed by atoms with Gasteiger partial charge < -0.3 is 19.9 Å². The molecule has 0 aliphatic carbocycles. The van der Waals surface area contributed by atoms with Gasteiger partial charge in [0.25, 0.3) is 0 Å². The number of fused-ring (bicyclic) bond motifs is 1. The Morgan fingerprint density at radius 1 is 1.05 bits per heavy atom. The minimum absolute atomic E-state index is 0.195. The van der Waals surface area contributed by atoms with Gasteiger partial charge in [0.05, 0.1) is 0 Å². The molecule has 4 nitrogen and oxygen atoms in total. The second kappa shape index (κ2) is 5.61. The minimum Gasteiger partial charge on any atom is -0.507 e. The van der Waals surface area contributed by atoms with Crippen LogP contribution in [0.1, 0.15) is 11.1 Å². The maximum atomic E-state index is 9.92. The molecular weight excluding hydrogens is 278 g/mol. The van der Waals surface area contributed by atoms with Crippen LogP contribution >= 0.6 is 11.6 Å². The highest BCUT2D eigenvalue weighted by molar-refractivity contribution is 6.31. The quantitative estimate of drug-likeness (QED) is 0.909. The van der Waals surface area contributed by atoms with E-state index in [9.17, 15) is 5.11 Å². The molecule has 0 radical (unpaired) electrons. The topological polar surface area (TPSA) is 50.7 Å². The summed E-state index contributed by atoms with van der Waals surface area (Å²) in [6.45, 7) is 1.35. The van der Waals surface area contributed by atoms with Crippen LogP contribution in [0.15, 0.2) is 36.4 Å². The number of hydrogen-bond donors (Lipinski definition) is 2. The van der Waals surface area contributed by atoms with Gasteiger partial charge in [-0.25, -0.2) is 0 Å². The Labute approximate surface area is 121 Å². The third kappa shape index (κ3) is 2.66. The summed E-state index contributed by atoms with van der Waals surface area (Å²) in [4.78, 5) is 0. The lowest BCUT2D eigenvalue weighted by Crippen LogP contribution is -2.13.